The molecule has 2 aromatic carbocycles. The van der Waals surface area contributed by atoms with Crippen molar-refractivity contribution in [1.82, 2.24) is 4.90 Å². The summed E-state index contributed by atoms with van der Waals surface area (Å²) in [5.74, 6) is 1.06. The van der Waals surface area contributed by atoms with Gasteiger partial charge in [0.2, 0.25) is 0 Å². The van der Waals surface area contributed by atoms with E-state index >= 15 is 0 Å². The van der Waals surface area contributed by atoms with Crippen LogP contribution in [0.3, 0.4) is 0 Å². The highest BCUT2D eigenvalue weighted by Crippen LogP contribution is 2.51. The number of allylic oxidation sites excluding steroid dienone is 10. The molecule has 0 aromatic heterocycles. The van der Waals surface area contributed by atoms with Crippen molar-refractivity contribution in [1.29, 1.82) is 0 Å². The topological polar surface area (TPSA) is 15.6 Å². The van der Waals surface area contributed by atoms with Crippen LogP contribution in [0.5, 0.6) is 0 Å². The van der Waals surface area contributed by atoms with Crippen LogP contribution in [0.25, 0.3) is 5.57 Å². The lowest BCUT2D eigenvalue weighted by molar-refractivity contribution is 0.571. The predicted molar refractivity (Wildman–Crippen MR) is 197 cm³/mol. The van der Waals surface area contributed by atoms with E-state index in [-0.39, 0.29) is 5.41 Å². The van der Waals surface area contributed by atoms with Crippen LogP contribution in [0.2, 0.25) is 0 Å². The number of benzene rings is 2. The molecule has 0 spiro atoms. The van der Waals surface area contributed by atoms with Crippen LogP contribution in [0.1, 0.15) is 112 Å². The number of hydrogen-bond donors (Lipinski definition) is 0. The molecule has 2 aliphatic rings. The summed E-state index contributed by atoms with van der Waals surface area (Å²) in [5.41, 5.74) is 11.2. The lowest BCUT2D eigenvalue weighted by Gasteiger charge is -2.31. The van der Waals surface area contributed by atoms with E-state index in [9.17, 15) is 0 Å². The maximum Gasteiger partial charge on any atom is 0.101 e. The molecule has 2 nitrogen and oxygen atoms in total. The van der Waals surface area contributed by atoms with Gasteiger partial charge in [-0.25, -0.2) is 0 Å². The van der Waals surface area contributed by atoms with E-state index in [2.05, 4.69) is 157 Å². The monoisotopic (exact) mass is 590 g/mol. The highest BCUT2D eigenvalue weighted by molar-refractivity contribution is 5.94. The Morgan fingerprint density at radius 2 is 1.57 bits per heavy atom. The van der Waals surface area contributed by atoms with Crippen LogP contribution in [0.15, 0.2) is 125 Å². The molecule has 0 fully saturated rings. The average Bonchev–Trinajstić information content (AvgIpc) is 3.32. The van der Waals surface area contributed by atoms with E-state index in [4.69, 9.17) is 4.99 Å². The summed E-state index contributed by atoms with van der Waals surface area (Å²) >= 11 is 0. The van der Waals surface area contributed by atoms with Gasteiger partial charge in [-0.3, -0.25) is 4.99 Å². The van der Waals surface area contributed by atoms with Crippen molar-refractivity contribution in [3.63, 3.8) is 0 Å². The molecule has 0 radical (unpaired) electrons. The lowest BCUT2D eigenvalue weighted by Crippen LogP contribution is -2.30. The van der Waals surface area contributed by atoms with Crippen molar-refractivity contribution < 1.29 is 0 Å². The Morgan fingerprint density at radius 1 is 0.909 bits per heavy atom. The first-order valence-electron chi connectivity index (χ1n) is 16.8. The smallest absolute Gasteiger partial charge is 0.101 e. The van der Waals surface area contributed by atoms with E-state index in [1.807, 2.05) is 13.8 Å². The molecule has 0 saturated carbocycles. The quantitative estimate of drug-likeness (QED) is 0.178. The van der Waals surface area contributed by atoms with Gasteiger partial charge in [0, 0.05) is 23.2 Å². The van der Waals surface area contributed by atoms with Crippen molar-refractivity contribution in [3.05, 3.63) is 136 Å². The Bertz CT molecular complexity index is 1390. The van der Waals surface area contributed by atoms with Gasteiger partial charge in [-0.15, -0.1) is 0 Å². The van der Waals surface area contributed by atoms with Gasteiger partial charge < -0.3 is 4.90 Å². The van der Waals surface area contributed by atoms with Gasteiger partial charge in [-0.05, 0) is 68.7 Å². The summed E-state index contributed by atoms with van der Waals surface area (Å²) in [4.78, 5) is 7.49. The Labute approximate surface area is 270 Å². The van der Waals surface area contributed by atoms with E-state index in [1.165, 1.54) is 44.7 Å². The van der Waals surface area contributed by atoms with E-state index in [0.717, 1.165) is 38.1 Å². The van der Waals surface area contributed by atoms with Crippen LogP contribution in [0, 0.1) is 0 Å². The van der Waals surface area contributed by atoms with Crippen molar-refractivity contribution >= 4 is 11.4 Å². The minimum atomic E-state index is 0.0266. The highest BCUT2D eigenvalue weighted by atomic mass is 15.2. The average molecular weight is 591 g/mol. The number of hydrogen-bond acceptors (Lipinski definition) is 1. The maximum atomic E-state index is 5.05. The number of fused-ring (bicyclic) bond motifs is 1. The first-order chi connectivity index (χ1) is 21.3. The predicted octanol–water partition coefficient (Wildman–Crippen LogP) is 12.2. The van der Waals surface area contributed by atoms with Crippen molar-refractivity contribution in [2.24, 2.45) is 4.99 Å². The zero-order valence-electron chi connectivity index (χ0n) is 29.4. The summed E-state index contributed by atoms with van der Waals surface area (Å²) in [5, 5.41) is 0. The first kappa shape index (κ1) is 36.5. The van der Waals surface area contributed by atoms with Gasteiger partial charge >= 0.3 is 0 Å². The molecular formula is C42H58N2. The summed E-state index contributed by atoms with van der Waals surface area (Å²) < 4.78 is 0. The van der Waals surface area contributed by atoms with Crippen LogP contribution < -0.4 is 0 Å². The standard InChI is InChI=1S/C31H36N2.C9H16.C2H6/c1-6-27-29(26-19-13-14-20-28(26)31(27,4)5)30-23(2)16-10-7-8-15-21-33(30)24(3)32-22-25-17-11-9-12-18-25;1-4-6-7-8-9(3)5-2;1-2/h7-15,17-20H,6,16,21-22H2,1-5H3;6-8H,4-5H2,1-3H3;1-2H3/b10-7-,15-8-,30-23-,32-24?;7-6-,9-8+;. The zero-order chi connectivity index (χ0) is 32.5. The molecular weight excluding hydrogens is 532 g/mol. The van der Waals surface area contributed by atoms with E-state index in [0.29, 0.717) is 6.54 Å². The normalized spacial score (nSPS) is 19.6. The Morgan fingerprint density at radius 3 is 2.23 bits per heavy atom. The van der Waals surface area contributed by atoms with Gasteiger partial charge in [0.1, 0.15) is 5.84 Å². The van der Waals surface area contributed by atoms with Crippen molar-refractivity contribution in [3.8, 4) is 0 Å². The minimum absolute atomic E-state index is 0.0266. The fourth-order valence-electron chi connectivity index (χ4n) is 5.76. The third-order valence-electron chi connectivity index (χ3n) is 8.32. The molecule has 0 amide bonds. The largest absolute Gasteiger partial charge is 0.326 e. The fourth-order valence-corrected chi connectivity index (χ4v) is 5.76. The Kier molecular flexibility index (Phi) is 15.7. The highest BCUT2D eigenvalue weighted by Gasteiger charge is 2.39. The van der Waals surface area contributed by atoms with Gasteiger partial charge in [0.15, 0.2) is 0 Å². The Hall–Kier alpha value is -3.65. The SMILES string of the molecule is CC.CC/C=C\C=C(/C)CC.CCC1=C(/C2=C(\C)C/C=C\C=C/CN2C(C)=NCc2ccccc2)c2ccccc2C1(C)C. The molecule has 0 atom stereocenters. The Balaban J connectivity index is 0.000000529. The van der Waals surface area contributed by atoms with Crippen molar-refractivity contribution in [2.75, 3.05) is 6.54 Å². The molecule has 0 unspecified atom stereocenters. The molecule has 44 heavy (non-hydrogen) atoms. The fraction of sp³-hybridized carbons (Fsp3) is 0.405. The second kappa shape index (κ2) is 18.9. The number of amidine groups is 1. The zero-order valence-corrected chi connectivity index (χ0v) is 29.4. The second-order valence-electron chi connectivity index (χ2n) is 11.7. The number of aliphatic imine (C=N–C) groups is 1. The maximum absolute atomic E-state index is 5.05. The molecule has 2 aromatic rings. The van der Waals surface area contributed by atoms with Crippen LogP contribution in [0.4, 0.5) is 0 Å². The number of nitrogens with zero attached hydrogens (tertiary/aromatic N) is 2. The molecule has 1 aliphatic heterocycles. The van der Waals surface area contributed by atoms with E-state index in [1.54, 1.807) is 0 Å². The molecule has 2 heteroatoms. The molecule has 236 valence electrons. The summed E-state index contributed by atoms with van der Waals surface area (Å²) in [6.07, 6.45) is 19.6. The minimum Gasteiger partial charge on any atom is -0.326 e. The van der Waals surface area contributed by atoms with Crippen LogP contribution >= 0.6 is 0 Å². The van der Waals surface area contributed by atoms with E-state index < -0.39 is 0 Å². The van der Waals surface area contributed by atoms with Gasteiger partial charge in [0.05, 0.1) is 6.54 Å². The van der Waals surface area contributed by atoms with Crippen LogP contribution in [-0.2, 0) is 12.0 Å². The molecule has 1 aliphatic carbocycles. The summed E-state index contributed by atoms with van der Waals surface area (Å²) in [6, 6.07) is 19.5. The van der Waals surface area contributed by atoms with Gasteiger partial charge in [-0.2, -0.15) is 0 Å². The molecule has 0 N–H and O–H groups in total. The molecule has 1 heterocycles. The first-order valence-corrected chi connectivity index (χ1v) is 16.8. The third kappa shape index (κ3) is 9.68. The number of rotatable bonds is 7. The third-order valence-corrected chi connectivity index (χ3v) is 8.32. The van der Waals surface area contributed by atoms with Crippen molar-refractivity contribution in [2.45, 2.75) is 107 Å². The van der Waals surface area contributed by atoms with Crippen LogP contribution in [-0.4, -0.2) is 17.3 Å². The molecule has 0 saturated heterocycles. The summed E-state index contributed by atoms with van der Waals surface area (Å²) in [6.45, 7) is 23.5. The van der Waals surface area contributed by atoms with Gasteiger partial charge in [-0.1, -0.05) is 157 Å². The van der Waals surface area contributed by atoms with Gasteiger partial charge in [0.25, 0.3) is 0 Å². The second-order valence-corrected chi connectivity index (χ2v) is 11.7. The summed E-state index contributed by atoms with van der Waals surface area (Å²) in [7, 11) is 0. The lowest BCUT2D eigenvalue weighted by atomic mass is 9.80. The molecule has 4 rings (SSSR count). The molecule has 0 bridgehead atoms.